The van der Waals surface area contributed by atoms with Crippen molar-refractivity contribution in [2.75, 3.05) is 19.0 Å². The van der Waals surface area contributed by atoms with Gasteiger partial charge in [0.15, 0.2) is 5.13 Å². The Morgan fingerprint density at radius 3 is 2.71 bits per heavy atom. The molecule has 28 heavy (non-hydrogen) atoms. The van der Waals surface area contributed by atoms with Crippen molar-refractivity contribution >= 4 is 32.4 Å². The zero-order valence-corrected chi connectivity index (χ0v) is 16.8. The summed E-state index contributed by atoms with van der Waals surface area (Å²) in [6.45, 7) is 0.457. The van der Waals surface area contributed by atoms with Crippen LogP contribution in [0, 0.1) is 0 Å². The van der Waals surface area contributed by atoms with E-state index < -0.39 is 10.0 Å². The lowest BCUT2D eigenvalue weighted by molar-refractivity contribution is 0.390. The first-order chi connectivity index (χ1) is 13.6. The second kappa shape index (κ2) is 7.82. The van der Waals surface area contributed by atoms with Crippen molar-refractivity contribution in [3.05, 3.63) is 53.8 Å². The maximum atomic E-state index is 13.2. The fourth-order valence-electron chi connectivity index (χ4n) is 3.21. The van der Waals surface area contributed by atoms with E-state index in [2.05, 4.69) is 20.3 Å². The molecule has 1 saturated heterocycles. The Balaban J connectivity index is 1.61. The molecule has 1 aliphatic rings. The van der Waals surface area contributed by atoms with Crippen molar-refractivity contribution < 1.29 is 13.2 Å². The van der Waals surface area contributed by atoms with Crippen LogP contribution in [0.1, 0.15) is 24.6 Å². The van der Waals surface area contributed by atoms with Crippen LogP contribution in [0.3, 0.4) is 0 Å². The molecule has 0 unspecified atom stereocenters. The number of nitrogens with zero attached hydrogens (tertiary/aromatic N) is 4. The molecule has 1 N–H and O–H groups in total. The standard InChI is InChI=1S/C18H19N5O3S2/c1-26-13-4-6-14(7-5-13)28(24,25)23-11-2-3-16(23)15-8-9-19-17(21-15)22-18-20-10-12-27-18/h4-10,12,16H,2-3,11H2,1H3,(H,19,20,21,22)/t16-/m1/s1. The Labute approximate surface area is 167 Å². The molecule has 4 rings (SSSR count). The van der Waals surface area contributed by atoms with Gasteiger partial charge in [-0.05, 0) is 43.2 Å². The molecule has 0 amide bonds. The summed E-state index contributed by atoms with van der Waals surface area (Å²) < 4.78 is 33.0. The minimum Gasteiger partial charge on any atom is -0.497 e. The van der Waals surface area contributed by atoms with E-state index in [9.17, 15) is 8.42 Å². The van der Waals surface area contributed by atoms with Gasteiger partial charge < -0.3 is 10.1 Å². The highest BCUT2D eigenvalue weighted by molar-refractivity contribution is 7.89. The number of rotatable bonds is 6. The SMILES string of the molecule is COc1ccc(S(=O)(=O)N2CCC[C@@H]2c2ccnc(Nc3nccs3)n2)cc1. The molecule has 0 spiro atoms. The third-order valence-electron chi connectivity index (χ3n) is 4.54. The summed E-state index contributed by atoms with van der Waals surface area (Å²) in [6.07, 6.45) is 4.81. The highest BCUT2D eigenvalue weighted by Crippen LogP contribution is 2.36. The van der Waals surface area contributed by atoms with Gasteiger partial charge in [-0.25, -0.2) is 23.4 Å². The summed E-state index contributed by atoms with van der Waals surface area (Å²) in [6, 6.07) is 7.88. The second-order valence-electron chi connectivity index (χ2n) is 6.22. The Morgan fingerprint density at radius 1 is 1.18 bits per heavy atom. The average Bonchev–Trinajstić information content (AvgIpc) is 3.40. The van der Waals surface area contributed by atoms with E-state index in [1.54, 1.807) is 49.8 Å². The van der Waals surface area contributed by atoms with Crippen molar-refractivity contribution in [2.24, 2.45) is 0 Å². The second-order valence-corrected chi connectivity index (χ2v) is 9.00. The molecule has 3 aromatic rings. The van der Waals surface area contributed by atoms with Crippen LogP contribution >= 0.6 is 11.3 Å². The van der Waals surface area contributed by atoms with Crippen LogP contribution in [0.2, 0.25) is 0 Å². The van der Waals surface area contributed by atoms with Crippen molar-refractivity contribution in [1.29, 1.82) is 0 Å². The van der Waals surface area contributed by atoms with Gasteiger partial charge in [0.25, 0.3) is 0 Å². The number of nitrogens with one attached hydrogen (secondary N) is 1. The zero-order valence-electron chi connectivity index (χ0n) is 15.1. The zero-order chi connectivity index (χ0) is 19.6. The predicted molar refractivity (Wildman–Crippen MR) is 106 cm³/mol. The Kier molecular flexibility index (Phi) is 5.25. The topological polar surface area (TPSA) is 97.3 Å². The van der Waals surface area contributed by atoms with Gasteiger partial charge in [-0.3, -0.25) is 0 Å². The van der Waals surface area contributed by atoms with Crippen molar-refractivity contribution in [1.82, 2.24) is 19.3 Å². The van der Waals surface area contributed by atoms with Crippen LogP contribution in [-0.4, -0.2) is 41.3 Å². The van der Waals surface area contributed by atoms with Crippen molar-refractivity contribution in [3.8, 4) is 5.75 Å². The average molecular weight is 418 g/mol. The van der Waals surface area contributed by atoms with Gasteiger partial charge >= 0.3 is 0 Å². The van der Waals surface area contributed by atoms with E-state index in [1.807, 2.05) is 5.38 Å². The van der Waals surface area contributed by atoms with Gasteiger partial charge in [-0.15, -0.1) is 11.3 Å². The quantitative estimate of drug-likeness (QED) is 0.658. The molecule has 2 aromatic heterocycles. The summed E-state index contributed by atoms with van der Waals surface area (Å²) in [5, 5.41) is 5.59. The number of anilines is 2. The molecule has 0 radical (unpaired) electrons. The number of benzene rings is 1. The third-order valence-corrected chi connectivity index (χ3v) is 7.15. The van der Waals surface area contributed by atoms with Crippen LogP contribution in [0.15, 0.2) is 53.0 Å². The van der Waals surface area contributed by atoms with E-state index in [1.165, 1.54) is 15.6 Å². The van der Waals surface area contributed by atoms with Crippen molar-refractivity contribution in [3.63, 3.8) is 0 Å². The molecule has 0 bridgehead atoms. The number of sulfonamides is 1. The lowest BCUT2D eigenvalue weighted by Gasteiger charge is -2.24. The normalized spacial score (nSPS) is 17.5. The van der Waals surface area contributed by atoms with E-state index in [0.29, 0.717) is 35.5 Å². The molecule has 3 heterocycles. The van der Waals surface area contributed by atoms with E-state index >= 15 is 0 Å². The molecule has 0 saturated carbocycles. The van der Waals surface area contributed by atoms with Crippen LogP contribution in [-0.2, 0) is 10.0 Å². The molecule has 0 aliphatic carbocycles. The summed E-state index contributed by atoms with van der Waals surface area (Å²) in [5.74, 6) is 1.02. The van der Waals surface area contributed by atoms with Crippen LogP contribution < -0.4 is 10.1 Å². The molecule has 146 valence electrons. The molecule has 1 aromatic carbocycles. The van der Waals surface area contributed by atoms with Gasteiger partial charge in [0.05, 0.1) is 23.7 Å². The summed E-state index contributed by atoms with van der Waals surface area (Å²) in [5.41, 5.74) is 0.670. The maximum Gasteiger partial charge on any atom is 0.243 e. The van der Waals surface area contributed by atoms with Gasteiger partial charge in [-0.2, -0.15) is 4.31 Å². The van der Waals surface area contributed by atoms with Crippen molar-refractivity contribution in [2.45, 2.75) is 23.8 Å². The molecule has 1 atom stereocenters. The molecule has 8 nitrogen and oxygen atoms in total. The van der Waals surface area contributed by atoms with Gasteiger partial charge in [0.2, 0.25) is 16.0 Å². The number of hydrogen-bond donors (Lipinski definition) is 1. The smallest absolute Gasteiger partial charge is 0.243 e. The maximum absolute atomic E-state index is 13.2. The first-order valence-electron chi connectivity index (χ1n) is 8.73. The minimum atomic E-state index is -3.64. The first-order valence-corrected chi connectivity index (χ1v) is 11.1. The Bertz CT molecular complexity index is 1040. The molecular formula is C18H19N5O3S2. The molecule has 1 aliphatic heterocycles. The first kappa shape index (κ1) is 18.8. The van der Waals surface area contributed by atoms with Crippen LogP contribution in [0.25, 0.3) is 0 Å². The fraction of sp³-hybridized carbons (Fsp3) is 0.278. The number of ether oxygens (including phenoxy) is 1. The van der Waals surface area contributed by atoms with Gasteiger partial charge in [0.1, 0.15) is 5.75 Å². The number of hydrogen-bond acceptors (Lipinski definition) is 8. The van der Waals surface area contributed by atoms with Crippen LogP contribution in [0.5, 0.6) is 5.75 Å². The summed E-state index contributed by atoms with van der Waals surface area (Å²) in [4.78, 5) is 13.1. The molecule has 1 fully saturated rings. The minimum absolute atomic E-state index is 0.246. The lowest BCUT2D eigenvalue weighted by Crippen LogP contribution is -2.31. The van der Waals surface area contributed by atoms with E-state index in [-0.39, 0.29) is 10.9 Å². The number of aromatic nitrogens is 3. The number of methoxy groups -OCH3 is 1. The monoisotopic (exact) mass is 417 g/mol. The fourth-order valence-corrected chi connectivity index (χ4v) is 5.40. The predicted octanol–water partition coefficient (Wildman–Crippen LogP) is 3.21. The lowest BCUT2D eigenvalue weighted by atomic mass is 10.1. The largest absolute Gasteiger partial charge is 0.497 e. The Morgan fingerprint density at radius 2 is 2.00 bits per heavy atom. The number of thiazole rings is 1. The Hall–Kier alpha value is -2.56. The van der Waals surface area contributed by atoms with Gasteiger partial charge in [0, 0.05) is 24.3 Å². The highest BCUT2D eigenvalue weighted by Gasteiger charge is 2.37. The molecule has 10 heteroatoms. The summed E-state index contributed by atoms with van der Waals surface area (Å²) >= 11 is 1.44. The highest BCUT2D eigenvalue weighted by atomic mass is 32.2. The van der Waals surface area contributed by atoms with E-state index in [4.69, 9.17) is 4.74 Å². The third kappa shape index (κ3) is 3.71. The van der Waals surface area contributed by atoms with E-state index in [0.717, 1.165) is 6.42 Å². The van der Waals surface area contributed by atoms with Crippen LogP contribution in [0.4, 0.5) is 11.1 Å². The molecular weight excluding hydrogens is 398 g/mol. The van der Waals surface area contributed by atoms with Gasteiger partial charge in [-0.1, -0.05) is 0 Å². The summed E-state index contributed by atoms with van der Waals surface area (Å²) in [7, 11) is -2.09.